The van der Waals surface area contributed by atoms with Crippen LogP contribution in [-0.2, 0) is 11.2 Å². The molecule has 0 unspecified atom stereocenters. The molecule has 0 bridgehead atoms. The zero-order valence-electron chi connectivity index (χ0n) is 23.2. The van der Waals surface area contributed by atoms with E-state index >= 15 is 0 Å². The van der Waals surface area contributed by atoms with E-state index in [0.29, 0.717) is 40.5 Å². The number of nitrogens with one attached hydrogen (secondary N) is 2. The minimum Gasteiger partial charge on any atom is -0.442 e. The SMILES string of the molecule is Cc1cc(N2C[C@H](CNC(=O)c3ccc(Cl)s3)OC2=O)cc(C)c1-n1cccc(CCNC2CCC(O)CC2)c1=O. The van der Waals surface area contributed by atoms with Crippen LogP contribution < -0.4 is 21.1 Å². The van der Waals surface area contributed by atoms with Crippen LogP contribution in [0, 0.1) is 13.8 Å². The molecule has 1 aliphatic carbocycles. The normalized spacial score (nSPS) is 20.7. The van der Waals surface area contributed by atoms with Crippen LogP contribution in [0.5, 0.6) is 0 Å². The van der Waals surface area contributed by atoms with Crippen LogP contribution >= 0.6 is 22.9 Å². The summed E-state index contributed by atoms with van der Waals surface area (Å²) in [6.07, 6.45) is 4.79. The van der Waals surface area contributed by atoms with E-state index in [1.54, 1.807) is 27.8 Å². The van der Waals surface area contributed by atoms with Crippen molar-refractivity contribution in [2.45, 2.75) is 64.2 Å². The number of aryl methyl sites for hydroxylation is 2. The maximum atomic E-state index is 13.4. The highest BCUT2D eigenvalue weighted by atomic mass is 35.5. The Morgan fingerprint density at radius 1 is 1.12 bits per heavy atom. The van der Waals surface area contributed by atoms with Crippen LogP contribution in [0.4, 0.5) is 10.5 Å². The number of carbonyl (C=O) groups is 2. The number of anilines is 1. The van der Waals surface area contributed by atoms with Crippen molar-refractivity contribution < 1.29 is 19.4 Å². The monoisotopic (exact) mass is 598 g/mol. The molecule has 3 heterocycles. The van der Waals surface area contributed by atoms with Gasteiger partial charge in [0.2, 0.25) is 0 Å². The Hall–Kier alpha value is -3.18. The fourth-order valence-corrected chi connectivity index (χ4v) is 6.59. The molecule has 0 radical (unpaired) electrons. The maximum Gasteiger partial charge on any atom is 0.414 e. The summed E-state index contributed by atoms with van der Waals surface area (Å²) < 4.78 is 7.72. The van der Waals surface area contributed by atoms with Gasteiger partial charge in [0, 0.05) is 23.5 Å². The van der Waals surface area contributed by atoms with Crippen LogP contribution in [0.15, 0.2) is 47.4 Å². The summed E-state index contributed by atoms with van der Waals surface area (Å²) in [5, 5.41) is 16.1. The summed E-state index contributed by atoms with van der Waals surface area (Å²) in [6.45, 7) is 5.04. The molecule has 0 spiro atoms. The molecule has 3 N–H and O–H groups in total. The molecule has 1 saturated carbocycles. The number of amides is 2. The lowest BCUT2D eigenvalue weighted by atomic mass is 9.93. The van der Waals surface area contributed by atoms with Gasteiger partial charge in [0.05, 0.1) is 34.1 Å². The van der Waals surface area contributed by atoms with Gasteiger partial charge < -0.3 is 20.5 Å². The van der Waals surface area contributed by atoms with E-state index in [4.69, 9.17) is 16.3 Å². The van der Waals surface area contributed by atoms with Gasteiger partial charge in [-0.3, -0.25) is 19.1 Å². The summed E-state index contributed by atoms with van der Waals surface area (Å²) in [6, 6.07) is 11.2. The van der Waals surface area contributed by atoms with Crippen molar-refractivity contribution in [2.75, 3.05) is 24.5 Å². The molecule has 218 valence electrons. The van der Waals surface area contributed by atoms with Crippen molar-refractivity contribution in [3.63, 3.8) is 0 Å². The number of carbonyl (C=O) groups excluding carboxylic acids is 2. The number of nitrogens with zero attached hydrogens (tertiary/aromatic N) is 2. The van der Waals surface area contributed by atoms with E-state index in [1.165, 1.54) is 11.3 Å². The van der Waals surface area contributed by atoms with E-state index < -0.39 is 12.2 Å². The molecule has 5 rings (SSSR count). The smallest absolute Gasteiger partial charge is 0.414 e. The fraction of sp³-hybridized carbons (Fsp3) is 0.433. The molecule has 2 aliphatic rings. The van der Waals surface area contributed by atoms with Crippen LogP contribution in [-0.4, -0.2) is 59.6 Å². The molecule has 1 aromatic carbocycles. The minimum absolute atomic E-state index is 0.0595. The van der Waals surface area contributed by atoms with Crippen LogP contribution in [0.2, 0.25) is 4.34 Å². The van der Waals surface area contributed by atoms with Gasteiger partial charge >= 0.3 is 6.09 Å². The summed E-state index contributed by atoms with van der Waals surface area (Å²) in [4.78, 5) is 40.6. The van der Waals surface area contributed by atoms with E-state index in [9.17, 15) is 19.5 Å². The van der Waals surface area contributed by atoms with E-state index in [-0.39, 0.29) is 24.1 Å². The molecule has 2 amide bonds. The topological polar surface area (TPSA) is 113 Å². The van der Waals surface area contributed by atoms with Gasteiger partial charge in [-0.05, 0) is 94.0 Å². The van der Waals surface area contributed by atoms with Crippen LogP contribution in [0.25, 0.3) is 5.69 Å². The summed E-state index contributed by atoms with van der Waals surface area (Å²) in [5.41, 5.74) is 3.86. The quantitative estimate of drug-likeness (QED) is 0.337. The molecule has 1 atom stereocenters. The van der Waals surface area contributed by atoms with Crippen molar-refractivity contribution in [3.05, 3.63) is 78.9 Å². The van der Waals surface area contributed by atoms with Gasteiger partial charge in [-0.2, -0.15) is 0 Å². The largest absolute Gasteiger partial charge is 0.442 e. The number of aromatic nitrogens is 1. The lowest BCUT2D eigenvalue weighted by Gasteiger charge is -2.26. The third-order valence-corrected chi connectivity index (χ3v) is 8.97. The Morgan fingerprint density at radius 2 is 1.85 bits per heavy atom. The van der Waals surface area contributed by atoms with Gasteiger partial charge in [0.25, 0.3) is 11.5 Å². The van der Waals surface area contributed by atoms with Crippen molar-refractivity contribution in [1.29, 1.82) is 0 Å². The third kappa shape index (κ3) is 6.83. The van der Waals surface area contributed by atoms with Gasteiger partial charge in [-0.25, -0.2) is 4.79 Å². The third-order valence-electron chi connectivity index (χ3n) is 7.74. The number of thiophene rings is 1. The van der Waals surface area contributed by atoms with Crippen LogP contribution in [0.1, 0.15) is 52.0 Å². The molecule has 41 heavy (non-hydrogen) atoms. The molecule has 9 nitrogen and oxygen atoms in total. The lowest BCUT2D eigenvalue weighted by molar-refractivity contribution is 0.0920. The standard InChI is InChI=1S/C30H35ClN4O5S/c1-18-14-22(35-17-24(40-30(35)39)16-33-28(37)25-9-10-26(31)41-25)15-19(2)27(18)34-13-3-4-20(29(34)38)11-12-32-21-5-7-23(36)8-6-21/h3-4,9-10,13-15,21,23-24,32,36H,5-8,11-12,16-17H2,1-2H3,(H,33,37)/t21?,23?,24-/m0/s1. The Morgan fingerprint density at radius 3 is 2.54 bits per heavy atom. The highest BCUT2D eigenvalue weighted by molar-refractivity contribution is 7.18. The van der Waals surface area contributed by atoms with Gasteiger partial charge in [-0.1, -0.05) is 17.7 Å². The van der Waals surface area contributed by atoms with Crippen molar-refractivity contribution in [2.24, 2.45) is 0 Å². The molecule has 1 saturated heterocycles. The fourth-order valence-electron chi connectivity index (χ4n) is 5.63. The number of aliphatic hydroxyl groups excluding tert-OH is 1. The Balaban J connectivity index is 1.24. The number of aliphatic hydroxyl groups is 1. The number of hydrogen-bond acceptors (Lipinski definition) is 7. The van der Waals surface area contributed by atoms with Crippen molar-refractivity contribution in [3.8, 4) is 5.69 Å². The molecule has 1 aliphatic heterocycles. The van der Waals surface area contributed by atoms with Gasteiger partial charge in [0.15, 0.2) is 0 Å². The average Bonchev–Trinajstić information content (AvgIpc) is 3.55. The van der Waals surface area contributed by atoms with E-state index in [2.05, 4.69) is 10.6 Å². The summed E-state index contributed by atoms with van der Waals surface area (Å²) in [5.74, 6) is -0.260. The predicted molar refractivity (Wildman–Crippen MR) is 161 cm³/mol. The first-order valence-electron chi connectivity index (χ1n) is 13.9. The molecular weight excluding hydrogens is 564 g/mol. The second-order valence-corrected chi connectivity index (χ2v) is 12.5. The first-order chi connectivity index (χ1) is 19.7. The number of ether oxygens (including phenoxy) is 1. The maximum absolute atomic E-state index is 13.4. The number of rotatable bonds is 9. The van der Waals surface area contributed by atoms with Crippen molar-refractivity contribution >= 4 is 40.6 Å². The minimum atomic E-state index is -0.492. The number of hydrogen-bond donors (Lipinski definition) is 3. The van der Waals surface area contributed by atoms with E-state index in [1.807, 2.05) is 38.1 Å². The van der Waals surface area contributed by atoms with Crippen molar-refractivity contribution in [1.82, 2.24) is 15.2 Å². The number of halogens is 1. The molecule has 2 aromatic heterocycles. The van der Waals surface area contributed by atoms with Gasteiger partial charge in [-0.15, -0.1) is 11.3 Å². The van der Waals surface area contributed by atoms with Gasteiger partial charge in [0.1, 0.15) is 6.10 Å². The van der Waals surface area contributed by atoms with Crippen LogP contribution in [0.3, 0.4) is 0 Å². The molecule has 3 aromatic rings. The molecular formula is C30H35ClN4O5S. The Kier molecular flexibility index (Phi) is 9.13. The van der Waals surface area contributed by atoms with E-state index in [0.717, 1.165) is 48.1 Å². The second kappa shape index (κ2) is 12.8. The first-order valence-corrected chi connectivity index (χ1v) is 15.1. The molecule has 2 fully saturated rings. The Bertz CT molecular complexity index is 1460. The summed E-state index contributed by atoms with van der Waals surface area (Å²) in [7, 11) is 0. The zero-order valence-corrected chi connectivity index (χ0v) is 24.8. The highest BCUT2D eigenvalue weighted by Crippen LogP contribution is 2.29. The lowest BCUT2D eigenvalue weighted by Crippen LogP contribution is -2.36. The summed E-state index contributed by atoms with van der Waals surface area (Å²) >= 11 is 7.11. The second-order valence-electron chi connectivity index (χ2n) is 10.8. The first kappa shape index (κ1) is 29.3. The predicted octanol–water partition coefficient (Wildman–Crippen LogP) is 4.36. The zero-order chi connectivity index (χ0) is 29.1. The number of pyridine rings is 1. The number of benzene rings is 1. The Labute approximate surface area is 248 Å². The average molecular weight is 599 g/mol. The highest BCUT2D eigenvalue weighted by Gasteiger charge is 2.33. The molecule has 11 heteroatoms. The number of cyclic esters (lactones) is 1.